The third kappa shape index (κ3) is 2.57. The van der Waals surface area contributed by atoms with E-state index in [-0.39, 0.29) is 0 Å². The Labute approximate surface area is 113 Å². The van der Waals surface area contributed by atoms with Gasteiger partial charge < -0.3 is 9.64 Å². The SMILES string of the molecule is Cn1nccc1COc1ccccc1N1CCCC1. The molecule has 1 aromatic carbocycles. The van der Waals surface area contributed by atoms with E-state index in [9.17, 15) is 0 Å². The molecule has 0 bridgehead atoms. The van der Waals surface area contributed by atoms with E-state index >= 15 is 0 Å². The first-order valence-electron chi connectivity index (χ1n) is 6.78. The molecule has 4 heteroatoms. The van der Waals surface area contributed by atoms with Crippen LogP contribution in [0.4, 0.5) is 5.69 Å². The zero-order chi connectivity index (χ0) is 13.1. The first-order valence-corrected chi connectivity index (χ1v) is 6.78. The Morgan fingerprint density at radius 2 is 1.95 bits per heavy atom. The van der Waals surface area contributed by atoms with Gasteiger partial charge in [0, 0.05) is 26.3 Å². The molecule has 0 atom stereocenters. The molecule has 0 N–H and O–H groups in total. The smallest absolute Gasteiger partial charge is 0.143 e. The van der Waals surface area contributed by atoms with E-state index in [0.717, 1.165) is 24.5 Å². The molecule has 0 spiro atoms. The monoisotopic (exact) mass is 257 g/mol. The van der Waals surface area contributed by atoms with Crippen molar-refractivity contribution in [1.29, 1.82) is 0 Å². The summed E-state index contributed by atoms with van der Waals surface area (Å²) in [5.41, 5.74) is 2.29. The summed E-state index contributed by atoms with van der Waals surface area (Å²) in [5, 5.41) is 4.16. The van der Waals surface area contributed by atoms with E-state index in [4.69, 9.17) is 4.74 Å². The number of nitrogens with zero attached hydrogens (tertiary/aromatic N) is 3. The van der Waals surface area contributed by atoms with Gasteiger partial charge in [-0.05, 0) is 31.0 Å². The lowest BCUT2D eigenvalue weighted by atomic mass is 10.2. The Balaban J connectivity index is 1.75. The zero-order valence-electron chi connectivity index (χ0n) is 11.2. The molecule has 100 valence electrons. The molecule has 19 heavy (non-hydrogen) atoms. The summed E-state index contributed by atoms with van der Waals surface area (Å²) in [6, 6.07) is 10.3. The number of benzene rings is 1. The topological polar surface area (TPSA) is 30.3 Å². The normalized spacial score (nSPS) is 14.9. The lowest BCUT2D eigenvalue weighted by Gasteiger charge is -2.21. The molecule has 2 heterocycles. The highest BCUT2D eigenvalue weighted by atomic mass is 16.5. The predicted octanol–water partition coefficient (Wildman–Crippen LogP) is 2.60. The highest BCUT2D eigenvalue weighted by Crippen LogP contribution is 2.31. The van der Waals surface area contributed by atoms with Crippen LogP contribution in [0, 0.1) is 0 Å². The fraction of sp³-hybridized carbons (Fsp3) is 0.400. The zero-order valence-corrected chi connectivity index (χ0v) is 11.2. The molecule has 1 aliphatic rings. The van der Waals surface area contributed by atoms with Gasteiger partial charge in [-0.2, -0.15) is 5.10 Å². The minimum Gasteiger partial charge on any atom is -0.485 e. The van der Waals surface area contributed by atoms with Gasteiger partial charge in [0.15, 0.2) is 0 Å². The number of hydrogen-bond acceptors (Lipinski definition) is 3. The molecule has 2 aromatic rings. The molecule has 1 fully saturated rings. The first-order chi connectivity index (χ1) is 9.34. The third-order valence-corrected chi connectivity index (χ3v) is 3.61. The average molecular weight is 257 g/mol. The molecule has 4 nitrogen and oxygen atoms in total. The summed E-state index contributed by atoms with van der Waals surface area (Å²) in [6.07, 6.45) is 4.34. The molecular formula is C15H19N3O. The average Bonchev–Trinajstić information content (AvgIpc) is 3.08. The highest BCUT2D eigenvalue weighted by Gasteiger charge is 2.16. The summed E-state index contributed by atoms with van der Waals surface area (Å²) in [6.45, 7) is 2.82. The molecule has 3 rings (SSSR count). The molecule has 0 saturated carbocycles. The molecule has 0 aliphatic carbocycles. The highest BCUT2D eigenvalue weighted by molar-refractivity contribution is 5.58. The Bertz CT molecular complexity index is 544. The van der Waals surface area contributed by atoms with Crippen LogP contribution in [0.2, 0.25) is 0 Å². The second-order valence-corrected chi connectivity index (χ2v) is 4.90. The minimum absolute atomic E-state index is 0.557. The molecule has 0 radical (unpaired) electrons. The van der Waals surface area contributed by atoms with Crippen LogP contribution in [0.5, 0.6) is 5.75 Å². The Hall–Kier alpha value is -1.97. The van der Waals surface area contributed by atoms with E-state index in [1.165, 1.54) is 18.5 Å². The van der Waals surface area contributed by atoms with Gasteiger partial charge in [-0.3, -0.25) is 4.68 Å². The van der Waals surface area contributed by atoms with Crippen LogP contribution in [-0.2, 0) is 13.7 Å². The van der Waals surface area contributed by atoms with Crippen LogP contribution < -0.4 is 9.64 Å². The molecular weight excluding hydrogens is 238 g/mol. The van der Waals surface area contributed by atoms with Crippen molar-refractivity contribution in [3.63, 3.8) is 0 Å². The minimum atomic E-state index is 0.557. The quantitative estimate of drug-likeness (QED) is 0.843. The van der Waals surface area contributed by atoms with Gasteiger partial charge in [-0.25, -0.2) is 0 Å². The standard InChI is InChI=1S/C15H19N3O/c1-17-13(8-9-16-17)12-19-15-7-3-2-6-14(15)18-10-4-5-11-18/h2-3,6-9H,4-5,10-12H2,1H3. The van der Waals surface area contributed by atoms with Crippen LogP contribution in [0.1, 0.15) is 18.5 Å². The Kier molecular flexibility index (Phi) is 3.40. The van der Waals surface area contributed by atoms with Gasteiger partial charge in [0.2, 0.25) is 0 Å². The molecule has 1 aromatic heterocycles. The van der Waals surface area contributed by atoms with Crippen LogP contribution >= 0.6 is 0 Å². The Morgan fingerprint density at radius 1 is 1.16 bits per heavy atom. The second-order valence-electron chi connectivity index (χ2n) is 4.90. The van der Waals surface area contributed by atoms with E-state index in [0.29, 0.717) is 6.61 Å². The fourth-order valence-corrected chi connectivity index (χ4v) is 2.49. The maximum atomic E-state index is 5.97. The summed E-state index contributed by atoms with van der Waals surface area (Å²) >= 11 is 0. The van der Waals surface area contributed by atoms with Gasteiger partial charge in [0.05, 0.1) is 11.4 Å². The molecule has 0 unspecified atom stereocenters. The number of hydrogen-bond donors (Lipinski definition) is 0. The van der Waals surface area contributed by atoms with Crippen molar-refractivity contribution in [3.05, 3.63) is 42.2 Å². The van der Waals surface area contributed by atoms with Crippen LogP contribution in [0.15, 0.2) is 36.5 Å². The van der Waals surface area contributed by atoms with Gasteiger partial charge in [0.25, 0.3) is 0 Å². The van der Waals surface area contributed by atoms with Crippen molar-refractivity contribution >= 4 is 5.69 Å². The number of anilines is 1. The van der Waals surface area contributed by atoms with Crippen molar-refractivity contribution in [2.24, 2.45) is 7.05 Å². The predicted molar refractivity (Wildman–Crippen MR) is 75.4 cm³/mol. The molecule has 1 saturated heterocycles. The number of para-hydroxylation sites is 2. The summed E-state index contributed by atoms with van der Waals surface area (Å²) in [5.74, 6) is 0.964. The number of ether oxygens (including phenoxy) is 1. The van der Waals surface area contributed by atoms with Crippen LogP contribution in [0.25, 0.3) is 0 Å². The van der Waals surface area contributed by atoms with E-state index in [1.807, 2.05) is 29.9 Å². The van der Waals surface area contributed by atoms with Crippen molar-refractivity contribution in [2.45, 2.75) is 19.4 Å². The lowest BCUT2D eigenvalue weighted by Crippen LogP contribution is -2.18. The number of aromatic nitrogens is 2. The summed E-state index contributed by atoms with van der Waals surface area (Å²) in [7, 11) is 1.94. The number of aryl methyl sites for hydroxylation is 1. The van der Waals surface area contributed by atoms with Crippen molar-refractivity contribution < 1.29 is 4.74 Å². The largest absolute Gasteiger partial charge is 0.485 e. The summed E-state index contributed by atoms with van der Waals surface area (Å²) < 4.78 is 7.82. The van der Waals surface area contributed by atoms with Crippen molar-refractivity contribution in [3.8, 4) is 5.75 Å². The first kappa shape index (κ1) is 12.1. The van der Waals surface area contributed by atoms with Crippen molar-refractivity contribution in [1.82, 2.24) is 9.78 Å². The molecule has 1 aliphatic heterocycles. The van der Waals surface area contributed by atoms with Crippen molar-refractivity contribution in [2.75, 3.05) is 18.0 Å². The van der Waals surface area contributed by atoms with E-state index in [2.05, 4.69) is 22.1 Å². The Morgan fingerprint density at radius 3 is 2.68 bits per heavy atom. The van der Waals surface area contributed by atoms with Gasteiger partial charge >= 0.3 is 0 Å². The maximum Gasteiger partial charge on any atom is 0.143 e. The fourth-order valence-electron chi connectivity index (χ4n) is 2.49. The summed E-state index contributed by atoms with van der Waals surface area (Å²) in [4.78, 5) is 2.40. The van der Waals surface area contributed by atoms with E-state index < -0.39 is 0 Å². The van der Waals surface area contributed by atoms with Gasteiger partial charge in [-0.15, -0.1) is 0 Å². The second kappa shape index (κ2) is 5.34. The number of rotatable bonds is 4. The van der Waals surface area contributed by atoms with Crippen LogP contribution in [0.3, 0.4) is 0 Å². The van der Waals surface area contributed by atoms with E-state index in [1.54, 1.807) is 6.20 Å². The lowest BCUT2D eigenvalue weighted by molar-refractivity contribution is 0.295. The third-order valence-electron chi connectivity index (χ3n) is 3.61. The maximum absolute atomic E-state index is 5.97. The van der Waals surface area contributed by atoms with Gasteiger partial charge in [-0.1, -0.05) is 12.1 Å². The molecule has 0 amide bonds. The van der Waals surface area contributed by atoms with Crippen LogP contribution in [-0.4, -0.2) is 22.9 Å². The van der Waals surface area contributed by atoms with Gasteiger partial charge in [0.1, 0.15) is 12.4 Å².